The Bertz CT molecular complexity index is 633. The van der Waals surface area contributed by atoms with Gasteiger partial charge in [0.25, 0.3) is 5.91 Å². The van der Waals surface area contributed by atoms with Crippen molar-refractivity contribution >= 4 is 5.91 Å². The van der Waals surface area contributed by atoms with Gasteiger partial charge in [0, 0.05) is 23.4 Å². The number of nitrogens with zero attached hydrogens (tertiary/aromatic N) is 1. The summed E-state index contributed by atoms with van der Waals surface area (Å²) in [5, 5.41) is 0. The van der Waals surface area contributed by atoms with E-state index in [4.69, 9.17) is 5.73 Å². The van der Waals surface area contributed by atoms with Crippen molar-refractivity contribution in [3.8, 4) is 11.1 Å². The van der Waals surface area contributed by atoms with Crippen LogP contribution in [-0.2, 0) is 0 Å². The molecule has 2 aromatic rings. The van der Waals surface area contributed by atoms with Crippen molar-refractivity contribution in [1.82, 2.24) is 4.98 Å². The first-order chi connectivity index (χ1) is 9.15. The van der Waals surface area contributed by atoms with E-state index in [9.17, 15) is 9.18 Å². The van der Waals surface area contributed by atoms with Gasteiger partial charge in [-0.3, -0.25) is 9.78 Å². The fourth-order valence-corrected chi connectivity index (χ4v) is 2.09. The van der Waals surface area contributed by atoms with Gasteiger partial charge < -0.3 is 5.73 Å². The maximum absolute atomic E-state index is 13.4. The Balaban J connectivity index is 1.96. The topological polar surface area (TPSA) is 56.0 Å². The molecule has 1 amide bonds. The Morgan fingerprint density at radius 2 is 1.95 bits per heavy atom. The second-order valence-corrected chi connectivity index (χ2v) is 4.80. The van der Waals surface area contributed by atoms with Crippen LogP contribution in [0, 0.1) is 5.82 Å². The number of aromatic nitrogens is 1. The average Bonchev–Trinajstić information content (AvgIpc) is 3.23. The molecule has 0 unspecified atom stereocenters. The van der Waals surface area contributed by atoms with Crippen molar-refractivity contribution in [2.24, 2.45) is 5.73 Å². The number of rotatable bonds is 3. The molecule has 1 aromatic heterocycles. The lowest BCUT2D eigenvalue weighted by Crippen LogP contribution is -2.13. The minimum atomic E-state index is -0.762. The summed E-state index contributed by atoms with van der Waals surface area (Å²) < 4.78 is 13.4. The van der Waals surface area contributed by atoms with Crippen molar-refractivity contribution in [2.75, 3.05) is 0 Å². The summed E-state index contributed by atoms with van der Waals surface area (Å²) in [6, 6.07) is 8.27. The van der Waals surface area contributed by atoms with Crippen LogP contribution < -0.4 is 5.73 Å². The van der Waals surface area contributed by atoms with Crippen LogP contribution in [-0.4, -0.2) is 10.9 Å². The Kier molecular flexibility index (Phi) is 2.78. The van der Waals surface area contributed by atoms with E-state index >= 15 is 0 Å². The predicted molar refractivity (Wildman–Crippen MR) is 70.1 cm³/mol. The smallest absolute Gasteiger partial charge is 0.251 e. The summed E-state index contributed by atoms with van der Waals surface area (Å²) in [4.78, 5) is 15.5. The number of carbonyl (C=O) groups is 1. The number of benzene rings is 1. The highest BCUT2D eigenvalue weighted by atomic mass is 19.1. The molecule has 0 radical (unpaired) electrons. The number of nitrogens with two attached hydrogens (primary N) is 1. The van der Waals surface area contributed by atoms with Crippen LogP contribution in [0.15, 0.2) is 36.5 Å². The standard InChI is InChI=1S/C15H13FN2O/c16-13-5-3-10(7-12(13)15(17)19)11-4-6-14(18-8-11)9-1-2-9/h3-9H,1-2H2,(H2,17,19). The van der Waals surface area contributed by atoms with Crippen molar-refractivity contribution in [3.05, 3.63) is 53.6 Å². The van der Waals surface area contributed by atoms with Crippen molar-refractivity contribution < 1.29 is 9.18 Å². The molecule has 19 heavy (non-hydrogen) atoms. The van der Waals surface area contributed by atoms with E-state index in [-0.39, 0.29) is 5.56 Å². The largest absolute Gasteiger partial charge is 0.366 e. The van der Waals surface area contributed by atoms with Gasteiger partial charge in [-0.15, -0.1) is 0 Å². The van der Waals surface area contributed by atoms with E-state index in [1.165, 1.54) is 25.0 Å². The third kappa shape index (κ3) is 2.34. The second-order valence-electron chi connectivity index (χ2n) is 4.80. The number of pyridine rings is 1. The van der Waals surface area contributed by atoms with Crippen LogP contribution in [0.2, 0.25) is 0 Å². The van der Waals surface area contributed by atoms with E-state index in [1.54, 1.807) is 12.3 Å². The average molecular weight is 256 g/mol. The number of hydrogen-bond acceptors (Lipinski definition) is 2. The molecule has 2 N–H and O–H groups in total. The molecule has 0 aliphatic heterocycles. The van der Waals surface area contributed by atoms with Crippen LogP contribution in [0.3, 0.4) is 0 Å². The van der Waals surface area contributed by atoms with Gasteiger partial charge >= 0.3 is 0 Å². The van der Waals surface area contributed by atoms with Crippen LogP contribution >= 0.6 is 0 Å². The minimum Gasteiger partial charge on any atom is -0.366 e. The van der Waals surface area contributed by atoms with Gasteiger partial charge in [-0.1, -0.05) is 12.1 Å². The summed E-state index contributed by atoms with van der Waals surface area (Å²) >= 11 is 0. The monoisotopic (exact) mass is 256 g/mol. The molecule has 1 aromatic carbocycles. The highest BCUT2D eigenvalue weighted by Gasteiger charge is 2.24. The lowest BCUT2D eigenvalue weighted by Gasteiger charge is -2.05. The first-order valence-corrected chi connectivity index (χ1v) is 6.21. The number of amides is 1. The Morgan fingerprint density at radius 1 is 1.21 bits per heavy atom. The molecule has 3 nitrogen and oxygen atoms in total. The molecule has 3 rings (SSSR count). The van der Waals surface area contributed by atoms with Crippen molar-refractivity contribution in [2.45, 2.75) is 18.8 Å². The first kappa shape index (κ1) is 11.8. The van der Waals surface area contributed by atoms with Crippen LogP contribution in [0.1, 0.15) is 34.8 Å². The molecular formula is C15H13FN2O. The Hall–Kier alpha value is -2.23. The number of hydrogen-bond donors (Lipinski definition) is 1. The van der Waals surface area contributed by atoms with Crippen molar-refractivity contribution in [1.29, 1.82) is 0 Å². The number of primary amides is 1. The third-order valence-electron chi connectivity index (χ3n) is 3.35. The van der Waals surface area contributed by atoms with Gasteiger partial charge in [-0.05, 0) is 36.6 Å². The molecule has 1 aliphatic rings. The number of halogens is 1. The fraction of sp³-hybridized carbons (Fsp3) is 0.200. The Labute approximate surface area is 110 Å². The van der Waals surface area contributed by atoms with Crippen LogP contribution in [0.5, 0.6) is 0 Å². The Morgan fingerprint density at radius 3 is 2.53 bits per heavy atom. The molecule has 1 aliphatic carbocycles. The molecule has 0 spiro atoms. The lowest BCUT2D eigenvalue weighted by atomic mass is 10.0. The second kappa shape index (κ2) is 4.46. The minimum absolute atomic E-state index is 0.0937. The van der Waals surface area contributed by atoms with Gasteiger partial charge in [-0.25, -0.2) is 4.39 Å². The predicted octanol–water partition coefficient (Wildman–Crippen LogP) is 2.86. The van der Waals surface area contributed by atoms with Gasteiger partial charge in [0.05, 0.1) is 5.56 Å². The zero-order valence-electron chi connectivity index (χ0n) is 10.3. The SMILES string of the molecule is NC(=O)c1cc(-c2ccc(C3CC3)nc2)ccc1F. The third-order valence-corrected chi connectivity index (χ3v) is 3.35. The highest BCUT2D eigenvalue weighted by Crippen LogP contribution is 2.39. The van der Waals surface area contributed by atoms with Gasteiger partial charge in [-0.2, -0.15) is 0 Å². The summed E-state index contributed by atoms with van der Waals surface area (Å²) in [6.45, 7) is 0. The van der Waals surface area contributed by atoms with E-state index in [0.29, 0.717) is 5.92 Å². The number of carbonyl (C=O) groups excluding carboxylic acids is 1. The molecule has 4 heteroatoms. The normalized spacial score (nSPS) is 14.4. The summed E-state index contributed by atoms with van der Waals surface area (Å²) in [5.74, 6) is -0.760. The molecule has 0 saturated heterocycles. The fourth-order valence-electron chi connectivity index (χ4n) is 2.09. The van der Waals surface area contributed by atoms with E-state index in [0.717, 1.165) is 16.8 Å². The molecule has 0 bridgehead atoms. The summed E-state index contributed by atoms with van der Waals surface area (Å²) in [5.41, 5.74) is 7.74. The summed E-state index contributed by atoms with van der Waals surface area (Å²) in [6.07, 6.45) is 4.16. The molecule has 96 valence electrons. The first-order valence-electron chi connectivity index (χ1n) is 6.21. The van der Waals surface area contributed by atoms with Gasteiger partial charge in [0.1, 0.15) is 5.82 Å². The van der Waals surface area contributed by atoms with Crippen molar-refractivity contribution in [3.63, 3.8) is 0 Å². The molecule has 1 heterocycles. The molecule has 1 fully saturated rings. The van der Waals surface area contributed by atoms with E-state index in [1.807, 2.05) is 12.1 Å². The van der Waals surface area contributed by atoms with Crippen LogP contribution in [0.4, 0.5) is 4.39 Å². The summed E-state index contributed by atoms with van der Waals surface area (Å²) in [7, 11) is 0. The molecule has 0 atom stereocenters. The zero-order valence-corrected chi connectivity index (χ0v) is 10.3. The quantitative estimate of drug-likeness (QED) is 0.918. The van der Waals surface area contributed by atoms with Gasteiger partial charge in [0.15, 0.2) is 0 Å². The van der Waals surface area contributed by atoms with Gasteiger partial charge in [0.2, 0.25) is 0 Å². The van der Waals surface area contributed by atoms with E-state index < -0.39 is 11.7 Å². The maximum Gasteiger partial charge on any atom is 0.251 e. The highest BCUT2D eigenvalue weighted by molar-refractivity contribution is 5.94. The van der Waals surface area contributed by atoms with Crippen LogP contribution in [0.25, 0.3) is 11.1 Å². The van der Waals surface area contributed by atoms with E-state index in [2.05, 4.69) is 4.98 Å². The maximum atomic E-state index is 13.4. The lowest BCUT2D eigenvalue weighted by molar-refractivity contribution is 0.0996. The molecular weight excluding hydrogens is 243 g/mol. The molecule has 1 saturated carbocycles. The zero-order chi connectivity index (χ0) is 13.4.